The van der Waals surface area contributed by atoms with E-state index in [9.17, 15) is 0 Å². The van der Waals surface area contributed by atoms with Gasteiger partial charge in [0.1, 0.15) is 0 Å². The van der Waals surface area contributed by atoms with E-state index in [0.717, 1.165) is 11.8 Å². The van der Waals surface area contributed by atoms with Crippen molar-refractivity contribution >= 4 is 0 Å². The summed E-state index contributed by atoms with van der Waals surface area (Å²) in [6.07, 6.45) is 2.50. The van der Waals surface area contributed by atoms with Crippen LogP contribution in [-0.4, -0.2) is 0 Å². The molecule has 7 heavy (non-hydrogen) atoms. The van der Waals surface area contributed by atoms with Crippen molar-refractivity contribution in [2.75, 3.05) is 0 Å². The van der Waals surface area contributed by atoms with Gasteiger partial charge < -0.3 is 13.8 Å². The van der Waals surface area contributed by atoms with Crippen LogP contribution >= 0.6 is 0 Å². The van der Waals surface area contributed by atoms with Crippen molar-refractivity contribution < 1.29 is 32.7 Å². The minimum atomic E-state index is 0. The van der Waals surface area contributed by atoms with E-state index in [4.69, 9.17) is 0 Å². The maximum Gasteiger partial charge on any atom is 0 e. The first-order chi connectivity index (χ1) is 2.79. The third-order valence-corrected chi connectivity index (χ3v) is 1.33. The minimum Gasteiger partial charge on any atom is -0.340 e. The first kappa shape index (κ1) is 8.10. The molecule has 0 spiro atoms. The Bertz CT molecular complexity index is 40.1. The van der Waals surface area contributed by atoms with Crippen LogP contribution in [0.25, 0.3) is 0 Å². The zero-order valence-corrected chi connectivity index (χ0v) is 7.40. The summed E-state index contributed by atoms with van der Waals surface area (Å²) in [6, 6.07) is 0. The van der Waals surface area contributed by atoms with Gasteiger partial charge in [-0.2, -0.15) is 11.8 Å². The molecule has 0 heterocycles. The van der Waals surface area contributed by atoms with Crippen molar-refractivity contribution in [2.24, 2.45) is 11.8 Å². The molecule has 1 aliphatic rings. The molecule has 0 aromatic heterocycles. The van der Waals surface area contributed by atoms with Gasteiger partial charge in [0.25, 0.3) is 0 Å². The third kappa shape index (κ3) is 2.23. The second-order valence-corrected chi connectivity index (χ2v) is 2.20. The maximum absolute atomic E-state index is 3.85. The largest absolute Gasteiger partial charge is 0.340 e. The van der Waals surface area contributed by atoms with E-state index in [1.54, 1.807) is 0 Å². The Kier molecular flexibility index (Phi) is 3.70. The Morgan fingerprint density at radius 3 is 1.29 bits per heavy atom. The molecule has 0 saturated heterocycles. The van der Waals surface area contributed by atoms with Crippen molar-refractivity contribution in [2.45, 2.75) is 12.8 Å². The minimum absolute atomic E-state index is 0. The quantitative estimate of drug-likeness (QED) is 0.486. The van der Waals surface area contributed by atoms with Crippen LogP contribution in [0.3, 0.4) is 0 Å². The first-order valence-corrected chi connectivity index (χ1v) is 2.45. The number of hydrogen-bond donors (Lipinski definition) is 0. The molecule has 1 aliphatic carbocycles. The van der Waals surface area contributed by atoms with Crippen LogP contribution in [-0.2, 0) is 32.7 Å². The molecule has 0 aromatic rings. The normalized spacial score (nSPS) is 38.6. The van der Waals surface area contributed by atoms with Crippen molar-refractivity contribution in [3.8, 4) is 0 Å². The van der Waals surface area contributed by atoms with Gasteiger partial charge >= 0.3 is 0 Å². The standard InChI is InChI=1S/C6H10.Y/c1-5-3-6(2)4-5;/h5-6H,1-4H2;/q-2;. The van der Waals surface area contributed by atoms with Crippen LogP contribution < -0.4 is 0 Å². The fourth-order valence-electron chi connectivity index (χ4n) is 0.874. The molecule has 0 aromatic carbocycles. The van der Waals surface area contributed by atoms with Gasteiger partial charge in [0.2, 0.25) is 0 Å². The summed E-state index contributed by atoms with van der Waals surface area (Å²) in [7, 11) is 0. The van der Waals surface area contributed by atoms with Gasteiger partial charge in [0.15, 0.2) is 0 Å². The summed E-state index contributed by atoms with van der Waals surface area (Å²) >= 11 is 0. The van der Waals surface area contributed by atoms with Crippen molar-refractivity contribution in [1.82, 2.24) is 0 Å². The monoisotopic (exact) mass is 171 g/mol. The van der Waals surface area contributed by atoms with E-state index in [-0.39, 0.29) is 32.7 Å². The van der Waals surface area contributed by atoms with Gasteiger partial charge in [-0.15, -0.1) is 12.8 Å². The molecule has 1 heteroatoms. The van der Waals surface area contributed by atoms with E-state index in [1.165, 1.54) is 12.8 Å². The fourth-order valence-corrected chi connectivity index (χ4v) is 0.874. The van der Waals surface area contributed by atoms with E-state index in [0.29, 0.717) is 0 Å². The molecule has 0 nitrogen and oxygen atoms in total. The Balaban J connectivity index is 0.000000360. The van der Waals surface area contributed by atoms with Crippen molar-refractivity contribution in [3.63, 3.8) is 0 Å². The molecular weight excluding hydrogens is 161 g/mol. The smallest absolute Gasteiger partial charge is 0 e. The Labute approximate surface area is 70.9 Å². The predicted octanol–water partition coefficient (Wildman–Crippen LogP) is 1.68. The molecule has 39 valence electrons. The Morgan fingerprint density at radius 2 is 1.29 bits per heavy atom. The van der Waals surface area contributed by atoms with Gasteiger partial charge in [-0.3, -0.25) is 0 Å². The molecule has 0 N–H and O–H groups in total. The van der Waals surface area contributed by atoms with Gasteiger partial charge in [-0.05, 0) is 0 Å². The van der Waals surface area contributed by atoms with E-state index in [2.05, 4.69) is 13.8 Å². The zero-order valence-electron chi connectivity index (χ0n) is 4.56. The predicted molar refractivity (Wildman–Crippen MR) is 26.9 cm³/mol. The number of rotatable bonds is 0. The maximum atomic E-state index is 3.85. The van der Waals surface area contributed by atoms with Crippen LogP contribution in [0.4, 0.5) is 0 Å². The average molecular weight is 171 g/mol. The molecule has 0 aliphatic heterocycles. The second kappa shape index (κ2) is 3.19. The molecule has 1 fully saturated rings. The van der Waals surface area contributed by atoms with Gasteiger partial charge in [0, 0.05) is 32.7 Å². The van der Waals surface area contributed by atoms with Crippen LogP contribution in [0, 0.1) is 25.7 Å². The fraction of sp³-hybridized carbons (Fsp3) is 0.667. The molecule has 0 atom stereocenters. The van der Waals surface area contributed by atoms with E-state index >= 15 is 0 Å². The summed E-state index contributed by atoms with van der Waals surface area (Å²) in [5.41, 5.74) is 0. The molecular formula is C6H10Y-2. The molecule has 0 bridgehead atoms. The molecule has 1 saturated carbocycles. The number of hydrogen-bond acceptors (Lipinski definition) is 0. The molecule has 0 amide bonds. The zero-order chi connectivity index (χ0) is 4.57. The molecule has 0 unspecified atom stereocenters. The van der Waals surface area contributed by atoms with Gasteiger partial charge in [-0.1, -0.05) is 0 Å². The average Bonchev–Trinajstić information content (AvgIpc) is 1.33. The summed E-state index contributed by atoms with van der Waals surface area (Å²) in [4.78, 5) is 0. The first-order valence-electron chi connectivity index (χ1n) is 2.45. The van der Waals surface area contributed by atoms with Crippen LogP contribution in [0.15, 0.2) is 0 Å². The van der Waals surface area contributed by atoms with Crippen molar-refractivity contribution in [3.05, 3.63) is 13.8 Å². The summed E-state index contributed by atoms with van der Waals surface area (Å²) in [6.45, 7) is 7.71. The van der Waals surface area contributed by atoms with Crippen molar-refractivity contribution in [1.29, 1.82) is 0 Å². The summed E-state index contributed by atoms with van der Waals surface area (Å²) in [5, 5.41) is 0. The third-order valence-electron chi connectivity index (χ3n) is 1.33. The Morgan fingerprint density at radius 1 is 1.00 bits per heavy atom. The summed E-state index contributed by atoms with van der Waals surface area (Å²) < 4.78 is 0. The van der Waals surface area contributed by atoms with Crippen LogP contribution in [0.1, 0.15) is 12.8 Å². The van der Waals surface area contributed by atoms with Gasteiger partial charge in [-0.25, -0.2) is 0 Å². The van der Waals surface area contributed by atoms with E-state index < -0.39 is 0 Å². The van der Waals surface area contributed by atoms with Crippen LogP contribution in [0.2, 0.25) is 0 Å². The van der Waals surface area contributed by atoms with Gasteiger partial charge in [0.05, 0.1) is 0 Å². The SMILES string of the molecule is [CH2-]C1CC([CH2-])C1.[Y]. The Hall–Kier alpha value is 1.10. The molecule has 1 radical (unpaired) electrons. The summed E-state index contributed by atoms with van der Waals surface area (Å²) in [5.74, 6) is 1.46. The van der Waals surface area contributed by atoms with Crippen LogP contribution in [0.5, 0.6) is 0 Å². The molecule has 1 rings (SSSR count). The topological polar surface area (TPSA) is 0 Å². The second-order valence-electron chi connectivity index (χ2n) is 2.20. The van der Waals surface area contributed by atoms with E-state index in [1.807, 2.05) is 0 Å².